The minimum absolute atomic E-state index is 0.0380. The van der Waals surface area contributed by atoms with Gasteiger partial charge >= 0.3 is 5.97 Å². The predicted octanol–water partition coefficient (Wildman–Crippen LogP) is 2.23. The van der Waals surface area contributed by atoms with E-state index >= 15 is 0 Å². The topological polar surface area (TPSA) is 62.2 Å². The minimum atomic E-state index is -0.807. The summed E-state index contributed by atoms with van der Waals surface area (Å²) < 4.78 is 12.1. The van der Waals surface area contributed by atoms with E-state index in [2.05, 4.69) is 23.1 Å². The van der Waals surface area contributed by atoms with Gasteiger partial charge in [0.05, 0.1) is 25.4 Å². The van der Waals surface area contributed by atoms with Gasteiger partial charge in [0.1, 0.15) is 5.75 Å². The van der Waals surface area contributed by atoms with Crippen LogP contribution in [-0.2, 0) is 16.1 Å². The van der Waals surface area contributed by atoms with E-state index in [9.17, 15) is 4.79 Å². The molecule has 0 amide bonds. The molecule has 0 radical (unpaired) electrons. The molecule has 144 valence electrons. The molecular formula is C20H30N2O4. The number of para-hydroxylation sites is 1. The molecule has 6 nitrogen and oxygen atoms in total. The molecular weight excluding hydrogens is 332 g/mol. The zero-order valence-electron chi connectivity index (χ0n) is 15.6. The molecule has 0 bridgehead atoms. The van der Waals surface area contributed by atoms with E-state index in [-0.39, 0.29) is 12.6 Å². The maximum atomic E-state index is 10.8. The van der Waals surface area contributed by atoms with Crippen molar-refractivity contribution in [2.24, 2.45) is 0 Å². The Hall–Kier alpha value is -1.63. The quantitative estimate of drug-likeness (QED) is 0.765. The molecule has 1 saturated carbocycles. The van der Waals surface area contributed by atoms with Gasteiger partial charge in [0.25, 0.3) is 0 Å². The van der Waals surface area contributed by atoms with Crippen molar-refractivity contribution >= 4 is 5.97 Å². The fourth-order valence-electron chi connectivity index (χ4n) is 3.85. The maximum absolute atomic E-state index is 10.8. The van der Waals surface area contributed by atoms with Gasteiger partial charge in [-0.15, -0.1) is 0 Å². The Morgan fingerprint density at radius 1 is 1.35 bits per heavy atom. The van der Waals surface area contributed by atoms with Crippen LogP contribution in [-0.4, -0.2) is 72.9 Å². The van der Waals surface area contributed by atoms with Crippen LogP contribution in [0.15, 0.2) is 24.3 Å². The fourth-order valence-corrected chi connectivity index (χ4v) is 3.85. The van der Waals surface area contributed by atoms with E-state index in [0.717, 1.165) is 38.2 Å². The van der Waals surface area contributed by atoms with E-state index in [4.69, 9.17) is 14.6 Å². The average molecular weight is 362 g/mol. The third-order valence-electron chi connectivity index (χ3n) is 5.11. The van der Waals surface area contributed by atoms with E-state index in [0.29, 0.717) is 19.3 Å². The largest absolute Gasteiger partial charge is 0.490 e. The van der Waals surface area contributed by atoms with Gasteiger partial charge in [0.2, 0.25) is 0 Å². The molecule has 1 N–H and O–H groups in total. The number of likely N-dealkylation sites (N-methyl/N-ethyl adjacent to an activating group) is 1. The summed E-state index contributed by atoms with van der Waals surface area (Å²) in [5, 5.41) is 8.90. The number of carbonyl (C=O) groups is 1. The highest BCUT2D eigenvalue weighted by Crippen LogP contribution is 2.27. The Kier molecular flexibility index (Phi) is 6.88. The second-order valence-electron chi connectivity index (χ2n) is 7.45. The number of rotatable bonds is 8. The fraction of sp³-hybridized carbons (Fsp3) is 0.650. The third-order valence-corrected chi connectivity index (χ3v) is 5.11. The first-order valence-corrected chi connectivity index (χ1v) is 9.59. The highest BCUT2D eigenvalue weighted by molar-refractivity contribution is 5.69. The van der Waals surface area contributed by atoms with Crippen molar-refractivity contribution in [2.45, 2.75) is 44.4 Å². The summed E-state index contributed by atoms with van der Waals surface area (Å²) in [6.45, 7) is 3.88. The number of morpholine rings is 1. The Morgan fingerprint density at radius 2 is 2.12 bits per heavy atom. The molecule has 26 heavy (non-hydrogen) atoms. The molecule has 0 aromatic heterocycles. The van der Waals surface area contributed by atoms with Crippen molar-refractivity contribution in [3.8, 4) is 5.75 Å². The van der Waals surface area contributed by atoms with Gasteiger partial charge in [0, 0.05) is 31.7 Å². The lowest BCUT2D eigenvalue weighted by atomic mass is 10.1. The van der Waals surface area contributed by atoms with Crippen LogP contribution in [0.1, 0.15) is 31.2 Å². The number of nitrogens with zero attached hydrogens (tertiary/aromatic N) is 2. The second-order valence-corrected chi connectivity index (χ2v) is 7.45. The van der Waals surface area contributed by atoms with Gasteiger partial charge < -0.3 is 14.6 Å². The Bertz CT molecular complexity index is 589. The molecule has 1 saturated heterocycles. The first-order valence-electron chi connectivity index (χ1n) is 9.59. The smallest absolute Gasteiger partial charge is 0.317 e. The maximum Gasteiger partial charge on any atom is 0.317 e. The molecule has 1 unspecified atom stereocenters. The normalized spacial score (nSPS) is 22.0. The molecule has 3 rings (SSSR count). The van der Waals surface area contributed by atoms with Gasteiger partial charge in [-0.05, 0) is 38.8 Å². The van der Waals surface area contributed by atoms with Crippen LogP contribution in [0.3, 0.4) is 0 Å². The predicted molar refractivity (Wildman–Crippen MR) is 99.5 cm³/mol. The molecule has 1 aromatic rings. The second kappa shape index (κ2) is 9.35. The standard InChI is InChI=1S/C20H30N2O4/c1-21(15-20(23)24)13-18-14-22(10-11-25-18)12-16-6-2-5-9-19(16)26-17-7-3-4-8-17/h2,5-6,9,17-18H,3-4,7-8,10-15H2,1H3,(H,23,24). The van der Waals surface area contributed by atoms with Crippen LogP contribution in [0.25, 0.3) is 0 Å². The van der Waals surface area contributed by atoms with Gasteiger partial charge in [-0.1, -0.05) is 18.2 Å². The van der Waals surface area contributed by atoms with E-state index < -0.39 is 5.97 Å². The molecule has 1 atom stereocenters. The summed E-state index contributed by atoms with van der Waals surface area (Å²) in [7, 11) is 1.82. The Labute approximate surface area is 155 Å². The molecule has 1 aromatic carbocycles. The number of carboxylic acids is 1. The number of hydrogen-bond acceptors (Lipinski definition) is 5. The first-order chi connectivity index (χ1) is 12.6. The lowest BCUT2D eigenvalue weighted by Gasteiger charge is -2.35. The number of aliphatic carboxylic acids is 1. The summed E-state index contributed by atoms with van der Waals surface area (Å²) in [6.07, 6.45) is 5.24. The van der Waals surface area contributed by atoms with Crippen LogP contribution < -0.4 is 4.74 Å². The average Bonchev–Trinajstić information content (AvgIpc) is 3.09. The number of carboxylic acid groups (broad SMARTS) is 1. The highest BCUT2D eigenvalue weighted by Gasteiger charge is 2.24. The molecule has 1 aliphatic heterocycles. The molecule has 0 spiro atoms. The van der Waals surface area contributed by atoms with Crippen LogP contribution in [0.4, 0.5) is 0 Å². The summed E-state index contributed by atoms with van der Waals surface area (Å²) >= 11 is 0. The van der Waals surface area contributed by atoms with Crippen molar-refractivity contribution in [1.29, 1.82) is 0 Å². The number of benzene rings is 1. The van der Waals surface area contributed by atoms with E-state index in [1.807, 2.05) is 13.1 Å². The van der Waals surface area contributed by atoms with Gasteiger partial charge in [-0.2, -0.15) is 0 Å². The van der Waals surface area contributed by atoms with E-state index in [1.54, 1.807) is 4.90 Å². The first kappa shape index (κ1) is 19.1. The lowest BCUT2D eigenvalue weighted by Crippen LogP contribution is -2.47. The highest BCUT2D eigenvalue weighted by atomic mass is 16.5. The lowest BCUT2D eigenvalue weighted by molar-refractivity contribution is -0.138. The van der Waals surface area contributed by atoms with Crippen molar-refractivity contribution < 1.29 is 19.4 Å². The summed E-state index contributed by atoms with van der Waals surface area (Å²) in [5.41, 5.74) is 1.22. The molecule has 1 aliphatic carbocycles. The summed E-state index contributed by atoms with van der Waals surface area (Å²) in [4.78, 5) is 15.0. The zero-order valence-corrected chi connectivity index (χ0v) is 15.6. The number of ether oxygens (including phenoxy) is 2. The van der Waals surface area contributed by atoms with Crippen molar-refractivity contribution in [2.75, 3.05) is 39.8 Å². The van der Waals surface area contributed by atoms with Crippen molar-refractivity contribution in [3.63, 3.8) is 0 Å². The van der Waals surface area contributed by atoms with E-state index in [1.165, 1.54) is 18.4 Å². The van der Waals surface area contributed by atoms with Gasteiger partial charge in [0.15, 0.2) is 0 Å². The van der Waals surface area contributed by atoms with Crippen LogP contribution >= 0.6 is 0 Å². The monoisotopic (exact) mass is 362 g/mol. The van der Waals surface area contributed by atoms with Crippen LogP contribution in [0.5, 0.6) is 5.75 Å². The molecule has 1 heterocycles. The van der Waals surface area contributed by atoms with Crippen molar-refractivity contribution in [3.05, 3.63) is 29.8 Å². The molecule has 2 aliphatic rings. The third kappa shape index (κ3) is 5.69. The van der Waals surface area contributed by atoms with Crippen LogP contribution in [0, 0.1) is 0 Å². The van der Waals surface area contributed by atoms with Crippen LogP contribution in [0.2, 0.25) is 0 Å². The summed E-state index contributed by atoms with van der Waals surface area (Å²) in [6, 6.07) is 8.32. The Balaban J connectivity index is 1.55. The van der Waals surface area contributed by atoms with Gasteiger partial charge in [-0.25, -0.2) is 0 Å². The molecule has 2 fully saturated rings. The Morgan fingerprint density at radius 3 is 2.88 bits per heavy atom. The zero-order chi connectivity index (χ0) is 18.4. The SMILES string of the molecule is CN(CC(=O)O)CC1CN(Cc2ccccc2OC2CCCC2)CCO1. The van der Waals surface area contributed by atoms with Crippen molar-refractivity contribution in [1.82, 2.24) is 9.80 Å². The number of hydrogen-bond donors (Lipinski definition) is 1. The van der Waals surface area contributed by atoms with Gasteiger partial charge in [-0.3, -0.25) is 14.6 Å². The minimum Gasteiger partial charge on any atom is -0.490 e. The summed E-state index contributed by atoms with van der Waals surface area (Å²) in [5.74, 6) is 0.198. The molecule has 6 heteroatoms.